The molecule has 136 valence electrons. The molecule has 0 aliphatic carbocycles. The zero-order chi connectivity index (χ0) is 17.8. The summed E-state index contributed by atoms with van der Waals surface area (Å²) < 4.78 is 5.83. The van der Waals surface area contributed by atoms with Crippen molar-refractivity contribution in [3.05, 3.63) is 24.3 Å². The molecule has 2 aromatic rings. The van der Waals surface area contributed by atoms with Gasteiger partial charge in [-0.2, -0.15) is 4.98 Å². The van der Waals surface area contributed by atoms with E-state index in [9.17, 15) is 4.79 Å². The molecule has 0 spiro atoms. The second-order valence-corrected chi connectivity index (χ2v) is 7.30. The Morgan fingerprint density at radius 2 is 2.08 bits per heavy atom. The fourth-order valence-corrected chi connectivity index (χ4v) is 3.43. The molecule has 1 atom stereocenters. The molecule has 25 heavy (non-hydrogen) atoms. The van der Waals surface area contributed by atoms with Crippen LogP contribution in [0.1, 0.15) is 33.1 Å². The van der Waals surface area contributed by atoms with Crippen LogP contribution in [0.3, 0.4) is 0 Å². The number of benzene rings is 1. The Balaban J connectivity index is 1.55. The number of nitrogens with zero attached hydrogens (tertiary/aromatic N) is 2. The number of anilines is 1. The maximum absolute atomic E-state index is 12.5. The quantitative estimate of drug-likeness (QED) is 0.841. The van der Waals surface area contributed by atoms with Gasteiger partial charge in [0.05, 0.1) is 0 Å². The van der Waals surface area contributed by atoms with Crippen molar-refractivity contribution >= 4 is 23.0 Å². The summed E-state index contributed by atoms with van der Waals surface area (Å²) in [7, 11) is 0. The molecule has 1 fully saturated rings. The highest BCUT2D eigenvalue weighted by Crippen LogP contribution is 2.26. The summed E-state index contributed by atoms with van der Waals surface area (Å²) in [6, 6.07) is 8.50. The predicted octanol–water partition coefficient (Wildman–Crippen LogP) is 2.53. The molecule has 0 radical (unpaired) electrons. The second kappa shape index (κ2) is 7.87. The molecule has 6 heteroatoms. The van der Waals surface area contributed by atoms with E-state index in [0.717, 1.165) is 43.5 Å². The monoisotopic (exact) mass is 344 g/mol. The van der Waals surface area contributed by atoms with Crippen LogP contribution in [-0.4, -0.2) is 36.6 Å². The Bertz CT molecular complexity index is 671. The van der Waals surface area contributed by atoms with Gasteiger partial charge in [-0.3, -0.25) is 4.79 Å². The lowest BCUT2D eigenvalue weighted by Crippen LogP contribution is -2.46. The molecule has 2 heterocycles. The molecule has 0 bridgehead atoms. The van der Waals surface area contributed by atoms with Gasteiger partial charge in [-0.15, -0.1) is 0 Å². The molecule has 6 nitrogen and oxygen atoms in total. The van der Waals surface area contributed by atoms with E-state index in [2.05, 4.69) is 29.0 Å². The minimum absolute atomic E-state index is 0.0434. The van der Waals surface area contributed by atoms with Crippen LogP contribution in [-0.2, 0) is 4.79 Å². The summed E-state index contributed by atoms with van der Waals surface area (Å²) in [6.45, 7) is 6.34. The molecule has 1 amide bonds. The molecule has 1 aromatic carbocycles. The largest absolute Gasteiger partial charge is 0.423 e. The highest BCUT2D eigenvalue weighted by molar-refractivity contribution is 5.79. The fourth-order valence-electron chi connectivity index (χ4n) is 3.43. The minimum Gasteiger partial charge on any atom is -0.423 e. The zero-order valence-electron chi connectivity index (χ0n) is 15.1. The number of fused-ring (bicyclic) bond motifs is 1. The number of oxazole rings is 1. The molecule has 1 aromatic heterocycles. The number of piperidine rings is 1. The average molecular weight is 344 g/mol. The van der Waals surface area contributed by atoms with E-state index < -0.39 is 0 Å². The van der Waals surface area contributed by atoms with Crippen LogP contribution < -0.4 is 16.0 Å². The van der Waals surface area contributed by atoms with Gasteiger partial charge in [-0.1, -0.05) is 26.0 Å². The first-order valence-corrected chi connectivity index (χ1v) is 9.17. The maximum atomic E-state index is 12.5. The molecular weight excluding hydrogens is 316 g/mol. The predicted molar refractivity (Wildman–Crippen MR) is 99.4 cm³/mol. The van der Waals surface area contributed by atoms with Crippen molar-refractivity contribution < 1.29 is 9.21 Å². The Labute approximate surface area is 148 Å². The van der Waals surface area contributed by atoms with E-state index in [1.807, 2.05) is 24.3 Å². The van der Waals surface area contributed by atoms with E-state index in [1.54, 1.807) is 0 Å². The second-order valence-electron chi connectivity index (χ2n) is 7.30. The average Bonchev–Trinajstić information content (AvgIpc) is 3.05. The first-order chi connectivity index (χ1) is 12.1. The molecule has 3 N–H and O–H groups in total. The van der Waals surface area contributed by atoms with Crippen molar-refractivity contribution in [2.45, 2.75) is 39.2 Å². The van der Waals surface area contributed by atoms with Crippen molar-refractivity contribution in [3.8, 4) is 0 Å². The fraction of sp³-hybridized carbons (Fsp3) is 0.579. The first-order valence-electron chi connectivity index (χ1n) is 9.17. The van der Waals surface area contributed by atoms with Crippen LogP contribution in [0.2, 0.25) is 0 Å². The SMILES string of the molecule is CC(C)CC(CN)NC(=O)C1CCN(c2nc3ccccc3o2)CC1. The van der Waals surface area contributed by atoms with Crippen molar-refractivity contribution in [3.63, 3.8) is 0 Å². The van der Waals surface area contributed by atoms with Crippen LogP contribution in [0.15, 0.2) is 28.7 Å². The Kier molecular flexibility index (Phi) is 5.58. The van der Waals surface area contributed by atoms with Gasteiger partial charge in [-0.05, 0) is 37.3 Å². The number of nitrogens with one attached hydrogen (secondary N) is 1. The summed E-state index contributed by atoms with van der Waals surface area (Å²) in [5, 5.41) is 3.12. The third-order valence-electron chi connectivity index (χ3n) is 4.81. The van der Waals surface area contributed by atoms with E-state index in [4.69, 9.17) is 10.2 Å². The highest BCUT2D eigenvalue weighted by atomic mass is 16.4. The van der Waals surface area contributed by atoms with Gasteiger partial charge in [-0.25, -0.2) is 0 Å². The minimum atomic E-state index is 0.0434. The summed E-state index contributed by atoms with van der Waals surface area (Å²) in [6.07, 6.45) is 2.54. The number of para-hydroxylation sites is 2. The lowest BCUT2D eigenvalue weighted by atomic mass is 9.95. The smallest absolute Gasteiger partial charge is 0.298 e. The zero-order valence-corrected chi connectivity index (χ0v) is 15.1. The first kappa shape index (κ1) is 17.7. The number of carbonyl (C=O) groups excluding carboxylic acids is 1. The Morgan fingerprint density at radius 3 is 2.72 bits per heavy atom. The lowest BCUT2D eigenvalue weighted by molar-refractivity contribution is -0.126. The molecule has 1 aliphatic rings. The van der Waals surface area contributed by atoms with Crippen molar-refractivity contribution in [2.24, 2.45) is 17.6 Å². The van der Waals surface area contributed by atoms with Crippen molar-refractivity contribution in [1.29, 1.82) is 0 Å². The van der Waals surface area contributed by atoms with Gasteiger partial charge in [0.25, 0.3) is 6.01 Å². The van der Waals surface area contributed by atoms with Crippen molar-refractivity contribution in [1.82, 2.24) is 10.3 Å². The normalized spacial score (nSPS) is 17.2. The Morgan fingerprint density at radius 1 is 1.36 bits per heavy atom. The molecule has 1 unspecified atom stereocenters. The van der Waals surface area contributed by atoms with Gasteiger partial charge in [0.15, 0.2) is 5.58 Å². The lowest BCUT2D eigenvalue weighted by Gasteiger charge is -2.31. The van der Waals surface area contributed by atoms with Gasteiger partial charge in [0.2, 0.25) is 5.91 Å². The summed E-state index contributed by atoms with van der Waals surface area (Å²) in [5.74, 6) is 0.699. The number of hydrogen-bond acceptors (Lipinski definition) is 5. The number of amides is 1. The van der Waals surface area contributed by atoms with Crippen molar-refractivity contribution in [2.75, 3.05) is 24.5 Å². The Hall–Kier alpha value is -2.08. The summed E-state index contributed by atoms with van der Waals surface area (Å²) in [5.41, 5.74) is 7.46. The molecule has 1 aliphatic heterocycles. The van der Waals surface area contributed by atoms with Crippen LogP contribution in [0.5, 0.6) is 0 Å². The molecule has 3 rings (SSSR count). The van der Waals surface area contributed by atoms with Crippen LogP contribution in [0, 0.1) is 11.8 Å². The van der Waals surface area contributed by atoms with E-state index in [-0.39, 0.29) is 17.9 Å². The van der Waals surface area contributed by atoms with Crippen LogP contribution in [0.25, 0.3) is 11.1 Å². The topological polar surface area (TPSA) is 84.4 Å². The number of rotatable bonds is 6. The number of aromatic nitrogens is 1. The van der Waals surface area contributed by atoms with E-state index in [1.165, 1.54) is 0 Å². The third kappa shape index (κ3) is 4.31. The molecule has 0 saturated carbocycles. The summed E-state index contributed by atoms with van der Waals surface area (Å²) in [4.78, 5) is 19.2. The van der Waals surface area contributed by atoms with Gasteiger partial charge in [0, 0.05) is 31.6 Å². The van der Waals surface area contributed by atoms with Gasteiger partial charge >= 0.3 is 0 Å². The number of nitrogens with two attached hydrogens (primary N) is 1. The van der Waals surface area contributed by atoms with E-state index >= 15 is 0 Å². The van der Waals surface area contributed by atoms with E-state index in [0.29, 0.717) is 18.5 Å². The standard InChI is InChI=1S/C19H28N4O2/c1-13(2)11-15(12-20)21-18(24)14-7-9-23(10-8-14)19-22-16-5-3-4-6-17(16)25-19/h3-6,13-15H,7-12,20H2,1-2H3,(H,21,24). The maximum Gasteiger partial charge on any atom is 0.298 e. The van der Waals surface area contributed by atoms with Gasteiger partial charge in [0.1, 0.15) is 5.52 Å². The van der Waals surface area contributed by atoms with Gasteiger partial charge < -0.3 is 20.4 Å². The highest BCUT2D eigenvalue weighted by Gasteiger charge is 2.28. The molecular formula is C19H28N4O2. The summed E-state index contributed by atoms with van der Waals surface area (Å²) >= 11 is 0. The molecule has 1 saturated heterocycles. The third-order valence-corrected chi connectivity index (χ3v) is 4.81. The van der Waals surface area contributed by atoms with Crippen LogP contribution >= 0.6 is 0 Å². The number of hydrogen-bond donors (Lipinski definition) is 2. The van der Waals surface area contributed by atoms with Crippen LogP contribution in [0.4, 0.5) is 6.01 Å². The number of carbonyl (C=O) groups is 1.